The summed E-state index contributed by atoms with van der Waals surface area (Å²) in [6.45, 7) is -0.724. The van der Waals surface area contributed by atoms with Crippen molar-refractivity contribution in [3.05, 3.63) is 23.8 Å². The lowest BCUT2D eigenvalue weighted by molar-refractivity contribution is -0.147. The molecule has 0 saturated heterocycles. The van der Waals surface area contributed by atoms with Crippen LogP contribution in [0.25, 0.3) is 0 Å². The number of ether oxygens (including phenoxy) is 3. The molecule has 7 heteroatoms. The Bertz CT molecular complexity index is 421. The molecule has 0 saturated carbocycles. The number of halogens is 3. The maximum Gasteiger partial charge on any atom is 0.391 e. The minimum atomic E-state index is -4.26. The normalized spacial score (nSPS) is 13.1. The van der Waals surface area contributed by atoms with Crippen molar-refractivity contribution in [2.75, 3.05) is 27.4 Å². The monoisotopic (exact) mass is 294 g/mol. The minimum absolute atomic E-state index is 0.237. The molecule has 1 aromatic rings. The Kier molecular flexibility index (Phi) is 6.09. The summed E-state index contributed by atoms with van der Waals surface area (Å²) in [5.41, 5.74) is 0.431. The molecule has 0 amide bonds. The molecule has 1 atom stereocenters. The van der Waals surface area contributed by atoms with Gasteiger partial charge in [0.15, 0.2) is 0 Å². The first-order valence-corrected chi connectivity index (χ1v) is 5.92. The van der Waals surface area contributed by atoms with E-state index in [9.17, 15) is 18.3 Å². The van der Waals surface area contributed by atoms with Crippen LogP contribution < -0.4 is 9.47 Å². The molecule has 0 fully saturated rings. The average Bonchev–Trinajstić information content (AvgIpc) is 2.41. The Morgan fingerprint density at radius 3 is 2.45 bits per heavy atom. The van der Waals surface area contributed by atoms with Crippen LogP contribution in [0.4, 0.5) is 13.2 Å². The molecule has 0 heterocycles. The zero-order valence-electron chi connectivity index (χ0n) is 11.2. The highest BCUT2D eigenvalue weighted by Crippen LogP contribution is 2.29. The molecule has 0 aliphatic rings. The van der Waals surface area contributed by atoms with E-state index < -0.39 is 25.3 Å². The molecule has 20 heavy (non-hydrogen) atoms. The first-order chi connectivity index (χ1) is 9.37. The predicted octanol–water partition coefficient (Wildman–Crippen LogP) is 2.71. The van der Waals surface area contributed by atoms with Crippen molar-refractivity contribution in [2.45, 2.75) is 18.7 Å². The summed E-state index contributed by atoms with van der Waals surface area (Å²) in [5, 5.41) is 9.90. The lowest BCUT2D eigenvalue weighted by atomic mass is 10.1. The van der Waals surface area contributed by atoms with E-state index in [0.29, 0.717) is 17.1 Å². The smallest absolute Gasteiger partial charge is 0.391 e. The Labute approximate surface area is 115 Å². The Morgan fingerprint density at radius 1 is 1.20 bits per heavy atom. The molecule has 4 nitrogen and oxygen atoms in total. The molecule has 0 aromatic heterocycles. The second-order valence-electron chi connectivity index (χ2n) is 4.06. The van der Waals surface area contributed by atoms with E-state index in [1.54, 1.807) is 18.2 Å². The number of benzene rings is 1. The summed E-state index contributed by atoms with van der Waals surface area (Å²) in [5.74, 6) is 0.937. The fraction of sp³-hybridized carbons (Fsp3) is 0.538. The number of alkyl halides is 3. The van der Waals surface area contributed by atoms with Crippen molar-refractivity contribution in [3.63, 3.8) is 0 Å². The number of rotatable bonds is 7. The lowest BCUT2D eigenvalue weighted by Crippen LogP contribution is -2.15. The van der Waals surface area contributed by atoms with E-state index in [2.05, 4.69) is 0 Å². The summed E-state index contributed by atoms with van der Waals surface area (Å²) in [4.78, 5) is 0. The summed E-state index contributed by atoms with van der Waals surface area (Å²) in [6.07, 6.45) is -6.37. The number of aliphatic hydroxyl groups is 1. The van der Waals surface area contributed by atoms with Crippen LogP contribution in [0.3, 0.4) is 0 Å². The number of hydrogen-bond acceptors (Lipinski definition) is 4. The molecular formula is C13H17F3O4. The Balaban J connectivity index is 2.56. The van der Waals surface area contributed by atoms with Gasteiger partial charge in [-0.1, -0.05) is 0 Å². The van der Waals surface area contributed by atoms with Crippen LogP contribution in [0.5, 0.6) is 11.5 Å². The fourth-order valence-electron chi connectivity index (χ4n) is 1.57. The van der Waals surface area contributed by atoms with Crippen LogP contribution in [0.15, 0.2) is 18.2 Å². The van der Waals surface area contributed by atoms with Crippen LogP contribution in [-0.2, 0) is 4.74 Å². The minimum Gasteiger partial charge on any atom is -0.497 e. The van der Waals surface area contributed by atoms with Gasteiger partial charge in [0.25, 0.3) is 0 Å². The standard InChI is InChI=1S/C13H17F3O4/c1-18-9-3-4-10(12(7-9)19-2)11(17)8-20-6-5-13(14,15)16/h3-4,7,11,17H,5-6,8H2,1-2H3. The molecule has 0 spiro atoms. The third-order valence-corrected chi connectivity index (χ3v) is 2.61. The van der Waals surface area contributed by atoms with Gasteiger partial charge in [-0.15, -0.1) is 0 Å². The van der Waals surface area contributed by atoms with Gasteiger partial charge >= 0.3 is 6.18 Å². The van der Waals surface area contributed by atoms with Crippen molar-refractivity contribution in [2.24, 2.45) is 0 Å². The van der Waals surface area contributed by atoms with Crippen molar-refractivity contribution >= 4 is 0 Å². The molecule has 1 rings (SSSR count). The topological polar surface area (TPSA) is 47.9 Å². The Morgan fingerprint density at radius 2 is 1.90 bits per heavy atom. The van der Waals surface area contributed by atoms with Crippen LogP contribution >= 0.6 is 0 Å². The van der Waals surface area contributed by atoms with Crippen molar-refractivity contribution < 1.29 is 32.5 Å². The third-order valence-electron chi connectivity index (χ3n) is 2.61. The number of methoxy groups -OCH3 is 2. The number of hydrogen-bond donors (Lipinski definition) is 1. The van der Waals surface area contributed by atoms with Gasteiger partial charge in [-0.3, -0.25) is 0 Å². The first kappa shape index (κ1) is 16.6. The fourth-order valence-corrected chi connectivity index (χ4v) is 1.57. The molecule has 0 aliphatic heterocycles. The quantitative estimate of drug-likeness (QED) is 0.786. The van der Waals surface area contributed by atoms with E-state index >= 15 is 0 Å². The van der Waals surface area contributed by atoms with Crippen molar-refractivity contribution in [1.82, 2.24) is 0 Å². The molecule has 1 unspecified atom stereocenters. The molecule has 1 aromatic carbocycles. The van der Waals surface area contributed by atoms with Gasteiger partial charge in [0.05, 0.1) is 33.9 Å². The van der Waals surface area contributed by atoms with Gasteiger partial charge in [0, 0.05) is 11.6 Å². The maximum atomic E-state index is 11.9. The highest BCUT2D eigenvalue weighted by atomic mass is 19.4. The number of aliphatic hydroxyl groups excluding tert-OH is 1. The average molecular weight is 294 g/mol. The van der Waals surface area contributed by atoms with E-state index in [1.807, 2.05) is 0 Å². The molecule has 0 aliphatic carbocycles. The first-order valence-electron chi connectivity index (χ1n) is 5.92. The van der Waals surface area contributed by atoms with Gasteiger partial charge in [0.2, 0.25) is 0 Å². The summed E-state index contributed by atoms with van der Waals surface area (Å²) in [6, 6.07) is 4.78. The highest BCUT2D eigenvalue weighted by Gasteiger charge is 2.26. The van der Waals surface area contributed by atoms with Crippen molar-refractivity contribution in [3.8, 4) is 11.5 Å². The van der Waals surface area contributed by atoms with Crippen LogP contribution in [0.2, 0.25) is 0 Å². The van der Waals surface area contributed by atoms with E-state index in [0.717, 1.165) is 0 Å². The summed E-state index contributed by atoms with van der Waals surface area (Å²) >= 11 is 0. The van der Waals surface area contributed by atoms with Crippen LogP contribution in [-0.4, -0.2) is 38.7 Å². The maximum absolute atomic E-state index is 11.9. The molecule has 1 N–H and O–H groups in total. The van der Waals surface area contributed by atoms with Crippen molar-refractivity contribution in [1.29, 1.82) is 0 Å². The molecule has 0 bridgehead atoms. The predicted molar refractivity (Wildman–Crippen MR) is 66.0 cm³/mol. The zero-order chi connectivity index (χ0) is 15.2. The van der Waals surface area contributed by atoms with E-state index in [4.69, 9.17) is 14.2 Å². The molecule has 0 radical (unpaired) electrons. The largest absolute Gasteiger partial charge is 0.497 e. The highest BCUT2D eigenvalue weighted by molar-refractivity contribution is 5.41. The van der Waals surface area contributed by atoms with E-state index in [1.165, 1.54) is 14.2 Å². The Hall–Kier alpha value is -1.47. The zero-order valence-corrected chi connectivity index (χ0v) is 11.2. The van der Waals surface area contributed by atoms with E-state index in [-0.39, 0.29) is 6.61 Å². The lowest BCUT2D eigenvalue weighted by Gasteiger charge is -2.16. The summed E-state index contributed by atoms with van der Waals surface area (Å²) in [7, 11) is 2.92. The summed E-state index contributed by atoms with van der Waals surface area (Å²) < 4.78 is 50.7. The van der Waals surface area contributed by atoms with Gasteiger partial charge in [-0.25, -0.2) is 0 Å². The van der Waals surface area contributed by atoms with Gasteiger partial charge < -0.3 is 19.3 Å². The second-order valence-corrected chi connectivity index (χ2v) is 4.06. The van der Waals surface area contributed by atoms with Crippen LogP contribution in [0.1, 0.15) is 18.1 Å². The SMILES string of the molecule is COc1ccc(C(O)COCCC(F)(F)F)c(OC)c1. The van der Waals surface area contributed by atoms with Gasteiger partial charge in [0.1, 0.15) is 17.6 Å². The van der Waals surface area contributed by atoms with Crippen LogP contribution in [0, 0.1) is 0 Å². The van der Waals surface area contributed by atoms with Gasteiger partial charge in [-0.2, -0.15) is 13.2 Å². The third kappa shape index (κ3) is 5.26. The second kappa shape index (κ2) is 7.35. The van der Waals surface area contributed by atoms with Gasteiger partial charge in [-0.05, 0) is 12.1 Å². The molecule has 114 valence electrons. The molecular weight excluding hydrogens is 277 g/mol.